The van der Waals surface area contributed by atoms with Crippen LogP contribution in [-0.4, -0.2) is 39.6 Å². The molecule has 1 fully saturated rings. The van der Waals surface area contributed by atoms with E-state index in [-0.39, 0.29) is 28.0 Å². The third kappa shape index (κ3) is 4.24. The Labute approximate surface area is 179 Å². The smallest absolute Gasteiger partial charge is 0.329 e. The summed E-state index contributed by atoms with van der Waals surface area (Å²) >= 11 is 6.49. The van der Waals surface area contributed by atoms with Crippen LogP contribution in [0.1, 0.15) is 19.6 Å². The SMILES string of the molecule is CCOC(=O)C(C)N1C(=O)SC(=Cc2ccc(-c3ccc(Cl)c([N+](=O)[O-])c3)o2)C1=O. The zero-order chi connectivity index (χ0) is 22.0. The van der Waals surface area contributed by atoms with Crippen LogP contribution >= 0.6 is 23.4 Å². The highest BCUT2D eigenvalue weighted by Crippen LogP contribution is 2.35. The van der Waals surface area contributed by atoms with Crippen molar-refractivity contribution in [2.24, 2.45) is 0 Å². The van der Waals surface area contributed by atoms with Gasteiger partial charge in [-0.3, -0.25) is 24.6 Å². The average Bonchev–Trinajstić information content (AvgIpc) is 3.26. The van der Waals surface area contributed by atoms with Crippen LogP contribution in [0.4, 0.5) is 10.5 Å². The molecule has 2 amide bonds. The number of esters is 1. The van der Waals surface area contributed by atoms with Gasteiger partial charge in [0.1, 0.15) is 22.6 Å². The first kappa shape index (κ1) is 21.6. The number of nitro benzene ring substituents is 1. The van der Waals surface area contributed by atoms with E-state index >= 15 is 0 Å². The minimum absolute atomic E-state index is 0.0000710. The standard InChI is InChI=1S/C19H15ClN2O7S/c1-3-28-18(24)10(2)21-17(23)16(30-19(21)25)9-12-5-7-15(29-12)11-4-6-13(20)14(8-11)22(26)27/h4-10H,3H2,1-2H3. The van der Waals surface area contributed by atoms with Gasteiger partial charge in [0.25, 0.3) is 16.8 Å². The summed E-state index contributed by atoms with van der Waals surface area (Å²) in [6, 6.07) is 6.31. The van der Waals surface area contributed by atoms with Crippen LogP contribution in [0.25, 0.3) is 17.4 Å². The molecule has 3 rings (SSSR count). The highest BCUT2D eigenvalue weighted by Gasteiger charge is 2.41. The van der Waals surface area contributed by atoms with E-state index in [2.05, 4.69) is 0 Å². The Morgan fingerprint density at radius 2 is 2.10 bits per heavy atom. The summed E-state index contributed by atoms with van der Waals surface area (Å²) < 4.78 is 10.5. The molecule has 1 aliphatic rings. The molecule has 1 unspecified atom stereocenters. The lowest BCUT2D eigenvalue weighted by atomic mass is 10.1. The maximum absolute atomic E-state index is 12.6. The monoisotopic (exact) mass is 450 g/mol. The average molecular weight is 451 g/mol. The molecule has 0 saturated carbocycles. The number of furan rings is 1. The topological polar surface area (TPSA) is 120 Å². The molecule has 1 aliphatic heterocycles. The number of carbonyl (C=O) groups is 3. The summed E-state index contributed by atoms with van der Waals surface area (Å²) in [6.45, 7) is 3.17. The molecule has 0 aliphatic carbocycles. The third-order valence-electron chi connectivity index (χ3n) is 4.17. The van der Waals surface area contributed by atoms with Crippen molar-refractivity contribution in [2.75, 3.05) is 6.61 Å². The number of nitro groups is 1. The summed E-state index contributed by atoms with van der Waals surface area (Å²) in [7, 11) is 0. The van der Waals surface area contributed by atoms with E-state index in [9.17, 15) is 24.5 Å². The van der Waals surface area contributed by atoms with Gasteiger partial charge < -0.3 is 9.15 Å². The Balaban J connectivity index is 1.84. The first-order valence-corrected chi connectivity index (χ1v) is 9.90. The molecule has 1 aromatic heterocycles. The summed E-state index contributed by atoms with van der Waals surface area (Å²) in [5, 5.41) is 10.5. The summed E-state index contributed by atoms with van der Waals surface area (Å²) in [5.41, 5.74) is 0.163. The molecule has 0 N–H and O–H groups in total. The van der Waals surface area contributed by atoms with Crippen LogP contribution in [0.15, 0.2) is 39.7 Å². The lowest BCUT2D eigenvalue weighted by Crippen LogP contribution is -2.42. The van der Waals surface area contributed by atoms with E-state index in [1.165, 1.54) is 25.1 Å². The number of halogens is 1. The summed E-state index contributed by atoms with van der Waals surface area (Å²) in [6.07, 6.45) is 1.37. The zero-order valence-electron chi connectivity index (χ0n) is 15.8. The normalized spacial score (nSPS) is 16.2. The van der Waals surface area contributed by atoms with Crippen LogP contribution in [0.2, 0.25) is 5.02 Å². The van der Waals surface area contributed by atoms with Gasteiger partial charge in [-0.25, -0.2) is 4.79 Å². The van der Waals surface area contributed by atoms with Gasteiger partial charge >= 0.3 is 5.97 Å². The fraction of sp³-hybridized carbons (Fsp3) is 0.211. The number of nitrogens with zero attached hydrogens (tertiary/aromatic N) is 2. The largest absolute Gasteiger partial charge is 0.464 e. The first-order valence-electron chi connectivity index (χ1n) is 8.70. The fourth-order valence-electron chi connectivity index (χ4n) is 2.70. The molecule has 11 heteroatoms. The maximum atomic E-state index is 12.6. The molecule has 1 atom stereocenters. The number of thioether (sulfide) groups is 1. The van der Waals surface area contributed by atoms with Crippen molar-refractivity contribution < 1.29 is 28.5 Å². The molecule has 30 heavy (non-hydrogen) atoms. The van der Waals surface area contributed by atoms with Crippen LogP contribution in [-0.2, 0) is 14.3 Å². The summed E-state index contributed by atoms with van der Waals surface area (Å²) in [5.74, 6) is -0.728. The van der Waals surface area contributed by atoms with Gasteiger partial charge in [-0.2, -0.15) is 0 Å². The van der Waals surface area contributed by atoms with Gasteiger partial charge in [-0.05, 0) is 49.9 Å². The third-order valence-corrected chi connectivity index (χ3v) is 5.37. The molecule has 2 heterocycles. The molecule has 1 saturated heterocycles. The number of rotatable bonds is 6. The molecule has 9 nitrogen and oxygen atoms in total. The van der Waals surface area contributed by atoms with E-state index in [4.69, 9.17) is 20.8 Å². The fourth-order valence-corrected chi connectivity index (χ4v) is 3.78. The Morgan fingerprint density at radius 3 is 2.77 bits per heavy atom. The second-order valence-electron chi connectivity index (χ2n) is 6.11. The van der Waals surface area contributed by atoms with Crippen molar-refractivity contribution in [3.63, 3.8) is 0 Å². The Kier molecular flexibility index (Phi) is 6.28. The predicted octanol–water partition coefficient (Wildman–Crippen LogP) is 4.50. The first-order chi connectivity index (χ1) is 14.2. The minimum Gasteiger partial charge on any atom is -0.464 e. The second kappa shape index (κ2) is 8.72. The molecule has 156 valence electrons. The Bertz CT molecular complexity index is 1080. The highest BCUT2D eigenvalue weighted by molar-refractivity contribution is 8.18. The molecule has 1 aromatic carbocycles. The number of benzene rings is 1. The van der Waals surface area contributed by atoms with Crippen LogP contribution in [0.5, 0.6) is 0 Å². The van der Waals surface area contributed by atoms with Crippen molar-refractivity contribution in [3.05, 3.63) is 56.1 Å². The van der Waals surface area contributed by atoms with Crippen molar-refractivity contribution in [1.29, 1.82) is 0 Å². The molecule has 2 aromatic rings. The molecule has 0 radical (unpaired) electrons. The van der Waals surface area contributed by atoms with Gasteiger partial charge in [0.05, 0.1) is 16.4 Å². The van der Waals surface area contributed by atoms with E-state index in [0.29, 0.717) is 23.1 Å². The van der Waals surface area contributed by atoms with E-state index in [1.54, 1.807) is 25.1 Å². The van der Waals surface area contributed by atoms with Gasteiger partial charge in [0.15, 0.2) is 0 Å². The zero-order valence-corrected chi connectivity index (χ0v) is 17.4. The van der Waals surface area contributed by atoms with Crippen LogP contribution in [0, 0.1) is 10.1 Å². The number of hydrogen-bond acceptors (Lipinski definition) is 8. The molecular weight excluding hydrogens is 436 g/mol. The number of ether oxygens (including phenoxy) is 1. The lowest BCUT2D eigenvalue weighted by Gasteiger charge is -2.19. The Hall–Kier alpha value is -3.11. The van der Waals surface area contributed by atoms with Crippen LogP contribution < -0.4 is 0 Å². The Morgan fingerprint density at radius 1 is 1.37 bits per heavy atom. The number of hydrogen-bond donors (Lipinski definition) is 0. The number of carbonyl (C=O) groups excluding carboxylic acids is 3. The van der Waals surface area contributed by atoms with Gasteiger partial charge in [-0.1, -0.05) is 11.6 Å². The maximum Gasteiger partial charge on any atom is 0.329 e. The van der Waals surface area contributed by atoms with E-state index < -0.39 is 28.1 Å². The van der Waals surface area contributed by atoms with Crippen molar-refractivity contribution >= 4 is 52.2 Å². The summed E-state index contributed by atoms with van der Waals surface area (Å²) in [4.78, 5) is 48.0. The number of imide groups is 1. The lowest BCUT2D eigenvalue weighted by molar-refractivity contribution is -0.384. The highest BCUT2D eigenvalue weighted by atomic mass is 35.5. The van der Waals surface area contributed by atoms with E-state index in [1.807, 2.05) is 0 Å². The molecule has 0 bridgehead atoms. The van der Waals surface area contributed by atoms with Crippen molar-refractivity contribution in [1.82, 2.24) is 4.90 Å². The van der Waals surface area contributed by atoms with Gasteiger partial charge in [0.2, 0.25) is 0 Å². The number of amides is 2. The minimum atomic E-state index is -1.05. The predicted molar refractivity (Wildman–Crippen MR) is 110 cm³/mol. The van der Waals surface area contributed by atoms with Gasteiger partial charge in [0, 0.05) is 17.7 Å². The molecular formula is C19H15ClN2O7S. The second-order valence-corrected chi connectivity index (χ2v) is 7.51. The van der Waals surface area contributed by atoms with Crippen molar-refractivity contribution in [2.45, 2.75) is 19.9 Å². The quantitative estimate of drug-likeness (QED) is 0.273. The van der Waals surface area contributed by atoms with E-state index in [0.717, 1.165) is 4.90 Å². The van der Waals surface area contributed by atoms with Crippen molar-refractivity contribution in [3.8, 4) is 11.3 Å². The van der Waals surface area contributed by atoms with Gasteiger partial charge in [-0.15, -0.1) is 0 Å². The molecule has 0 spiro atoms. The van der Waals surface area contributed by atoms with Crippen LogP contribution in [0.3, 0.4) is 0 Å².